The Balaban J connectivity index is 1.53. The first-order chi connectivity index (χ1) is 14.4. The van der Waals surface area contributed by atoms with Crippen molar-refractivity contribution in [1.29, 1.82) is 0 Å². The molecule has 3 N–H and O–H groups in total. The van der Waals surface area contributed by atoms with E-state index in [9.17, 15) is 15.0 Å². The van der Waals surface area contributed by atoms with Crippen molar-refractivity contribution in [3.05, 3.63) is 42.2 Å². The molecule has 0 saturated heterocycles. The van der Waals surface area contributed by atoms with Crippen LogP contribution in [0.2, 0.25) is 0 Å². The number of fused-ring (bicyclic) bond motifs is 1. The number of aliphatic hydroxyl groups excluding tert-OH is 2. The van der Waals surface area contributed by atoms with Crippen LogP contribution in [-0.4, -0.2) is 73.0 Å². The summed E-state index contributed by atoms with van der Waals surface area (Å²) >= 11 is 0. The van der Waals surface area contributed by atoms with Gasteiger partial charge in [-0.15, -0.1) is 0 Å². The summed E-state index contributed by atoms with van der Waals surface area (Å²) in [6.07, 6.45) is 5.05. The van der Waals surface area contributed by atoms with Crippen LogP contribution in [0.4, 0.5) is 5.82 Å². The lowest BCUT2D eigenvalue weighted by Crippen LogP contribution is -2.54. The van der Waals surface area contributed by atoms with Gasteiger partial charge in [0.25, 0.3) is 5.91 Å². The number of aryl methyl sites for hydroxylation is 1. The predicted octanol–water partition coefficient (Wildman–Crippen LogP) is 0.451. The summed E-state index contributed by atoms with van der Waals surface area (Å²) in [7, 11) is 3.74. The molecule has 0 radical (unpaired) electrons. The summed E-state index contributed by atoms with van der Waals surface area (Å²) in [5.41, 5.74) is 2.52. The number of hydrogen-bond donors (Lipinski definition) is 3. The molecule has 10 nitrogen and oxygen atoms in total. The first kappa shape index (κ1) is 20.2. The Labute approximate surface area is 173 Å². The van der Waals surface area contributed by atoms with Crippen molar-refractivity contribution < 1.29 is 15.0 Å². The number of nitrogens with zero attached hydrogens (tertiary/aromatic N) is 6. The van der Waals surface area contributed by atoms with Gasteiger partial charge in [0.1, 0.15) is 18.5 Å². The second-order valence-corrected chi connectivity index (χ2v) is 7.87. The van der Waals surface area contributed by atoms with Crippen LogP contribution in [-0.2, 0) is 0 Å². The summed E-state index contributed by atoms with van der Waals surface area (Å²) in [5, 5.41) is 24.4. The number of anilines is 1. The number of aromatic nitrogens is 5. The van der Waals surface area contributed by atoms with E-state index in [4.69, 9.17) is 0 Å². The summed E-state index contributed by atoms with van der Waals surface area (Å²) in [5.74, 6) is 0.360. The first-order valence-electron chi connectivity index (χ1n) is 9.80. The lowest BCUT2D eigenvalue weighted by molar-refractivity contribution is -0.0552. The van der Waals surface area contributed by atoms with E-state index in [1.54, 1.807) is 23.2 Å². The van der Waals surface area contributed by atoms with Gasteiger partial charge >= 0.3 is 0 Å². The third-order valence-electron chi connectivity index (χ3n) is 5.50. The Morgan fingerprint density at radius 2 is 1.97 bits per heavy atom. The SMILES string of the molecule is Cc1cncc(C(=O)N[C@@H]2CC[C@@H](n3cnc4c(N(C)C)ncnc43)[C@H](O)[C@H]2O)c1. The fraction of sp³-hybridized carbons (Fsp3) is 0.450. The number of carbonyl (C=O) groups excluding carboxylic acids is 1. The molecule has 1 fully saturated rings. The van der Waals surface area contributed by atoms with Crippen molar-refractivity contribution >= 4 is 22.9 Å². The van der Waals surface area contributed by atoms with Gasteiger partial charge in [0.15, 0.2) is 17.0 Å². The predicted molar refractivity (Wildman–Crippen MR) is 110 cm³/mol. The summed E-state index contributed by atoms with van der Waals surface area (Å²) in [4.78, 5) is 31.4. The second-order valence-electron chi connectivity index (χ2n) is 7.87. The highest BCUT2D eigenvalue weighted by Crippen LogP contribution is 2.32. The van der Waals surface area contributed by atoms with Crippen molar-refractivity contribution in [3.8, 4) is 0 Å². The van der Waals surface area contributed by atoms with E-state index in [-0.39, 0.29) is 5.91 Å². The van der Waals surface area contributed by atoms with Crippen LogP contribution in [0.25, 0.3) is 11.2 Å². The van der Waals surface area contributed by atoms with Crippen LogP contribution in [0.5, 0.6) is 0 Å². The molecule has 4 rings (SSSR count). The molecule has 30 heavy (non-hydrogen) atoms. The Hall–Kier alpha value is -3.11. The van der Waals surface area contributed by atoms with Crippen LogP contribution in [0.1, 0.15) is 34.8 Å². The molecule has 0 spiro atoms. The van der Waals surface area contributed by atoms with Crippen LogP contribution in [0.15, 0.2) is 31.1 Å². The molecule has 3 heterocycles. The van der Waals surface area contributed by atoms with Crippen LogP contribution in [0.3, 0.4) is 0 Å². The normalized spacial score (nSPS) is 24.0. The molecule has 158 valence electrons. The average Bonchev–Trinajstić information content (AvgIpc) is 3.15. The molecule has 0 aromatic carbocycles. The summed E-state index contributed by atoms with van der Waals surface area (Å²) in [6, 6.07) is 0.755. The molecule has 1 saturated carbocycles. The van der Waals surface area contributed by atoms with Crippen molar-refractivity contribution in [3.63, 3.8) is 0 Å². The Bertz CT molecular complexity index is 1070. The fourth-order valence-corrected chi connectivity index (χ4v) is 3.96. The molecule has 0 aliphatic heterocycles. The van der Waals surface area contributed by atoms with Crippen molar-refractivity contribution in [2.24, 2.45) is 0 Å². The maximum absolute atomic E-state index is 12.5. The minimum atomic E-state index is -1.13. The molecule has 0 unspecified atom stereocenters. The van der Waals surface area contributed by atoms with E-state index in [2.05, 4.69) is 25.3 Å². The topological polar surface area (TPSA) is 129 Å². The van der Waals surface area contributed by atoms with Gasteiger partial charge < -0.3 is 25.0 Å². The Morgan fingerprint density at radius 1 is 1.17 bits per heavy atom. The maximum atomic E-state index is 12.5. The maximum Gasteiger partial charge on any atom is 0.253 e. The number of imidazole rings is 1. The van der Waals surface area contributed by atoms with E-state index in [0.717, 1.165) is 5.56 Å². The number of pyridine rings is 1. The second kappa shape index (κ2) is 7.96. The quantitative estimate of drug-likeness (QED) is 0.564. The molecule has 3 aromatic rings. The molecule has 4 atom stereocenters. The highest BCUT2D eigenvalue weighted by Gasteiger charge is 2.40. The fourth-order valence-electron chi connectivity index (χ4n) is 3.96. The smallest absolute Gasteiger partial charge is 0.253 e. The minimum absolute atomic E-state index is 0.322. The molecular weight excluding hydrogens is 386 g/mol. The van der Waals surface area contributed by atoms with Crippen LogP contribution >= 0.6 is 0 Å². The van der Waals surface area contributed by atoms with Crippen molar-refractivity contribution in [1.82, 2.24) is 29.8 Å². The standard InChI is InChI=1S/C20H25N7O3/c1-11-6-12(8-21-7-11)20(30)25-13-4-5-14(17(29)16(13)28)27-10-24-15-18(26(2)3)22-9-23-19(15)27/h6-10,13-14,16-17,28-29H,4-5H2,1-3H3,(H,25,30)/t13-,14-,16+,17+/m1/s1. The number of nitrogens with one attached hydrogen (secondary N) is 1. The average molecular weight is 411 g/mol. The van der Waals surface area contributed by atoms with E-state index in [0.29, 0.717) is 35.4 Å². The summed E-state index contributed by atoms with van der Waals surface area (Å²) < 4.78 is 1.78. The molecule has 1 aliphatic rings. The lowest BCUT2D eigenvalue weighted by atomic mass is 9.85. The highest BCUT2D eigenvalue weighted by molar-refractivity contribution is 5.94. The molecule has 0 bridgehead atoms. The summed E-state index contributed by atoms with van der Waals surface area (Å²) in [6.45, 7) is 1.86. The minimum Gasteiger partial charge on any atom is -0.388 e. The molecule has 1 amide bonds. The number of rotatable bonds is 4. The van der Waals surface area contributed by atoms with Crippen molar-refractivity contribution in [2.75, 3.05) is 19.0 Å². The van der Waals surface area contributed by atoms with Crippen molar-refractivity contribution in [2.45, 2.75) is 44.1 Å². The van der Waals surface area contributed by atoms with Gasteiger partial charge in [-0.3, -0.25) is 9.78 Å². The van der Waals surface area contributed by atoms with E-state index >= 15 is 0 Å². The van der Waals surface area contributed by atoms with Gasteiger partial charge in [0, 0.05) is 26.5 Å². The number of hydrogen-bond acceptors (Lipinski definition) is 8. The van der Waals surface area contributed by atoms with Gasteiger partial charge in [0.2, 0.25) is 0 Å². The Kier molecular flexibility index (Phi) is 5.35. The van der Waals surface area contributed by atoms with Crippen LogP contribution < -0.4 is 10.2 Å². The molecular formula is C20H25N7O3. The zero-order valence-electron chi connectivity index (χ0n) is 17.1. The van der Waals surface area contributed by atoms with E-state index in [1.807, 2.05) is 25.9 Å². The van der Waals surface area contributed by atoms with E-state index < -0.39 is 24.3 Å². The number of aliphatic hydroxyl groups is 2. The Morgan fingerprint density at radius 3 is 2.70 bits per heavy atom. The third kappa shape index (κ3) is 3.59. The third-order valence-corrected chi connectivity index (χ3v) is 5.50. The molecule has 10 heteroatoms. The van der Waals surface area contributed by atoms with Gasteiger partial charge in [-0.25, -0.2) is 15.0 Å². The van der Waals surface area contributed by atoms with Gasteiger partial charge in [-0.05, 0) is 31.4 Å². The zero-order chi connectivity index (χ0) is 21.4. The van der Waals surface area contributed by atoms with E-state index in [1.165, 1.54) is 12.5 Å². The van der Waals surface area contributed by atoms with Gasteiger partial charge in [-0.1, -0.05) is 0 Å². The molecule has 3 aromatic heterocycles. The first-order valence-corrected chi connectivity index (χ1v) is 9.80. The monoisotopic (exact) mass is 411 g/mol. The zero-order valence-corrected chi connectivity index (χ0v) is 17.1. The van der Waals surface area contributed by atoms with Crippen LogP contribution in [0, 0.1) is 6.92 Å². The molecule has 1 aliphatic carbocycles. The lowest BCUT2D eigenvalue weighted by Gasteiger charge is -2.38. The van der Waals surface area contributed by atoms with Gasteiger partial charge in [0.05, 0.1) is 24.0 Å². The van der Waals surface area contributed by atoms with Gasteiger partial charge in [-0.2, -0.15) is 0 Å². The largest absolute Gasteiger partial charge is 0.388 e. The number of amides is 1. The highest BCUT2D eigenvalue weighted by atomic mass is 16.3. The number of carbonyl (C=O) groups is 1.